The van der Waals surface area contributed by atoms with Gasteiger partial charge in [0, 0.05) is 0 Å². The molecule has 0 saturated carbocycles. The molecule has 0 aromatic heterocycles. The summed E-state index contributed by atoms with van der Waals surface area (Å²) in [5.74, 6) is 0. The fraction of sp³-hybridized carbons (Fsp3) is 0. The van der Waals surface area contributed by atoms with E-state index in [9.17, 15) is 0 Å². The van der Waals surface area contributed by atoms with E-state index < -0.39 is 0 Å². The zero-order valence-electron chi connectivity index (χ0n) is 1.72. The van der Waals surface area contributed by atoms with Gasteiger partial charge in [-0.3, -0.25) is 0 Å². The van der Waals surface area contributed by atoms with Crippen molar-refractivity contribution >= 4 is 0 Å². The third-order valence-corrected chi connectivity index (χ3v) is 0. The number of hydrogen-bond donors (Lipinski definition) is 0. The van der Waals surface area contributed by atoms with Crippen LogP contribution >= 0.6 is 0 Å². The van der Waals surface area contributed by atoms with Gasteiger partial charge in [0.1, 0.15) is 0 Å². The topological polar surface area (TPSA) is 85.5 Å². The predicted octanol–water partition coefficient (Wildman–Crippen LogP) is -0.356. The van der Waals surface area contributed by atoms with Crippen molar-refractivity contribution in [1.82, 2.24) is 0 Å². The van der Waals surface area contributed by atoms with Gasteiger partial charge in [0.25, 0.3) is 0 Å². The fourth-order valence-corrected chi connectivity index (χ4v) is 0. The summed E-state index contributed by atoms with van der Waals surface area (Å²) in [4.78, 5) is 0. The monoisotopic (exact) mass is 188 g/mol. The van der Waals surface area contributed by atoms with E-state index in [1.54, 1.807) is 0 Å². The standard InChI is InChI=1S/Ce.3O/q+6;3*-2. The van der Waals surface area contributed by atoms with Crippen molar-refractivity contribution in [2.45, 2.75) is 0 Å². The van der Waals surface area contributed by atoms with Gasteiger partial charge in [0.15, 0.2) is 0 Å². The van der Waals surface area contributed by atoms with Gasteiger partial charge in [0.2, 0.25) is 0 Å². The van der Waals surface area contributed by atoms with Crippen LogP contribution in [0.1, 0.15) is 0 Å². The fourth-order valence-electron chi connectivity index (χ4n) is 0. The Morgan fingerprint density at radius 1 is 0.500 bits per heavy atom. The maximum Gasteiger partial charge on any atom is 6.00 e. The van der Waals surface area contributed by atoms with Crippen LogP contribution in [0.4, 0.5) is 0 Å². The van der Waals surface area contributed by atoms with Crippen molar-refractivity contribution in [1.29, 1.82) is 0 Å². The molecule has 0 N–H and O–H groups in total. The van der Waals surface area contributed by atoms with Crippen LogP contribution in [-0.4, -0.2) is 0 Å². The Balaban J connectivity index is 0. The average molecular weight is 188 g/mol. The van der Waals surface area contributed by atoms with Crippen LogP contribution in [0.3, 0.4) is 0 Å². The first-order chi connectivity index (χ1) is 0. The van der Waals surface area contributed by atoms with E-state index in [2.05, 4.69) is 0 Å². The van der Waals surface area contributed by atoms with Gasteiger partial charge in [-0.05, 0) is 0 Å². The molecule has 0 unspecified atom stereocenters. The first kappa shape index (κ1) is 60.3. The molecule has 0 rings (SSSR count). The van der Waals surface area contributed by atoms with Crippen molar-refractivity contribution in [3.8, 4) is 0 Å². The molecule has 0 spiro atoms. The van der Waals surface area contributed by atoms with Gasteiger partial charge in [-0.15, -0.1) is 0 Å². The maximum atomic E-state index is 0. The minimum atomic E-state index is 0. The Kier molecular flexibility index (Phi) is 431. The molecule has 4 heavy (non-hydrogen) atoms. The van der Waals surface area contributed by atoms with Crippen LogP contribution in [0.25, 0.3) is 0 Å². The summed E-state index contributed by atoms with van der Waals surface area (Å²) in [6.45, 7) is 0. The van der Waals surface area contributed by atoms with Gasteiger partial charge >= 0.3 is 41.7 Å². The molecule has 0 amide bonds. The van der Waals surface area contributed by atoms with Crippen molar-refractivity contribution < 1.29 is 58.2 Å². The van der Waals surface area contributed by atoms with Gasteiger partial charge in [0.05, 0.1) is 0 Å². The zero-order chi connectivity index (χ0) is 0. The molecular weight excluding hydrogens is 188 g/mol. The van der Waals surface area contributed by atoms with Crippen LogP contribution in [0.15, 0.2) is 0 Å². The van der Waals surface area contributed by atoms with Crippen LogP contribution in [0.2, 0.25) is 0 Å². The molecule has 0 radical (unpaired) electrons. The summed E-state index contributed by atoms with van der Waals surface area (Å²) in [5.41, 5.74) is 0. The van der Waals surface area contributed by atoms with Crippen LogP contribution < -0.4 is 0 Å². The van der Waals surface area contributed by atoms with Crippen molar-refractivity contribution in [2.75, 3.05) is 0 Å². The van der Waals surface area contributed by atoms with Crippen LogP contribution in [0.5, 0.6) is 0 Å². The third-order valence-electron chi connectivity index (χ3n) is 0. The van der Waals surface area contributed by atoms with Crippen LogP contribution in [-0.2, 0) is 16.4 Å². The second-order valence-corrected chi connectivity index (χ2v) is 0. The van der Waals surface area contributed by atoms with Crippen molar-refractivity contribution in [3.05, 3.63) is 0 Å². The van der Waals surface area contributed by atoms with Crippen molar-refractivity contribution in [3.63, 3.8) is 0 Å². The normalized spacial score (nSPS) is 0. The van der Waals surface area contributed by atoms with Gasteiger partial charge in [-0.1, -0.05) is 0 Å². The molecule has 0 aromatic rings. The second kappa shape index (κ2) is 28.6. The van der Waals surface area contributed by atoms with E-state index in [1.807, 2.05) is 0 Å². The molecule has 4 heteroatoms. The van der Waals surface area contributed by atoms with Crippen molar-refractivity contribution in [2.24, 2.45) is 0 Å². The molecular formula is CeO3. The predicted molar refractivity (Wildman–Crippen MR) is 2.06 cm³/mol. The SMILES string of the molecule is [Ce+6].[O-2].[O-2].[O-2]. The molecule has 0 atom stereocenters. The molecule has 22 valence electrons. The zero-order valence-corrected chi connectivity index (χ0v) is 4.86. The minimum absolute atomic E-state index is 0. The van der Waals surface area contributed by atoms with E-state index in [0.717, 1.165) is 0 Å². The Bertz CT molecular complexity index is 3.25. The Labute approximate surface area is 57.7 Å². The molecule has 3 nitrogen and oxygen atoms in total. The van der Waals surface area contributed by atoms with Crippen LogP contribution in [0, 0.1) is 41.7 Å². The summed E-state index contributed by atoms with van der Waals surface area (Å²) in [6.07, 6.45) is 0. The first-order valence-corrected chi connectivity index (χ1v) is 0. The van der Waals surface area contributed by atoms with Gasteiger partial charge in [-0.25, -0.2) is 0 Å². The molecule has 0 bridgehead atoms. The average Bonchev–Trinajstić information content (AvgIpc) is 0. The number of rotatable bonds is 0. The number of hydrogen-bond acceptors (Lipinski definition) is 0. The molecule has 0 aliphatic carbocycles. The maximum absolute atomic E-state index is 0. The quantitative estimate of drug-likeness (QED) is 0.497. The summed E-state index contributed by atoms with van der Waals surface area (Å²) in [6, 6.07) is 0. The summed E-state index contributed by atoms with van der Waals surface area (Å²) >= 11 is 0. The summed E-state index contributed by atoms with van der Waals surface area (Å²) < 4.78 is 0. The van der Waals surface area contributed by atoms with E-state index in [4.69, 9.17) is 0 Å². The summed E-state index contributed by atoms with van der Waals surface area (Å²) in [5, 5.41) is 0. The molecule has 0 aliphatic heterocycles. The van der Waals surface area contributed by atoms with Gasteiger partial charge < -0.3 is 16.4 Å². The molecule has 0 aromatic carbocycles. The van der Waals surface area contributed by atoms with Gasteiger partial charge in [-0.2, -0.15) is 0 Å². The minimum Gasteiger partial charge on any atom is -2.00 e. The molecule has 0 fully saturated rings. The second-order valence-electron chi connectivity index (χ2n) is 0. The smallest absolute Gasteiger partial charge is 2.00 e. The van der Waals surface area contributed by atoms with E-state index in [1.165, 1.54) is 0 Å². The van der Waals surface area contributed by atoms with E-state index in [-0.39, 0.29) is 58.2 Å². The van der Waals surface area contributed by atoms with E-state index in [0.29, 0.717) is 0 Å². The first-order valence-electron chi connectivity index (χ1n) is 0. The molecule has 0 saturated heterocycles. The molecule has 0 heterocycles. The Morgan fingerprint density at radius 2 is 0.500 bits per heavy atom. The Hall–Kier alpha value is 1.26. The Morgan fingerprint density at radius 3 is 0.500 bits per heavy atom. The third kappa shape index (κ3) is 10.5. The largest absolute Gasteiger partial charge is 6.00 e. The summed E-state index contributed by atoms with van der Waals surface area (Å²) in [7, 11) is 0. The van der Waals surface area contributed by atoms with E-state index >= 15 is 0 Å². The molecule has 0 aliphatic rings.